The van der Waals surface area contributed by atoms with E-state index in [9.17, 15) is 14.9 Å². The number of amides is 1. The van der Waals surface area contributed by atoms with Crippen molar-refractivity contribution in [3.8, 4) is 0 Å². The van der Waals surface area contributed by atoms with E-state index in [0.29, 0.717) is 0 Å². The maximum atomic E-state index is 13.8. The standard InChI is InChI=1S/C27H20Br2ClN3O3/c28-19-8-4-16(5-9-19)14-18-2-1-3-22-25(18)31-32(26(22)17-6-10-20(29)11-7-17)27(34)23-15-21(33(35)36)12-13-24(23)30/h4-15,22,26H,1-3H2/b18-14+. The number of nitro benzene ring substituents is 1. The molecule has 6 nitrogen and oxygen atoms in total. The number of carbonyl (C=O) groups is 1. The minimum absolute atomic E-state index is 0.00282. The van der Waals surface area contributed by atoms with Gasteiger partial charge in [-0.15, -0.1) is 0 Å². The molecule has 1 aliphatic heterocycles. The van der Waals surface area contributed by atoms with E-state index in [0.717, 1.165) is 50.6 Å². The van der Waals surface area contributed by atoms with Crippen molar-refractivity contribution in [2.75, 3.05) is 0 Å². The van der Waals surface area contributed by atoms with Crippen LogP contribution in [0.25, 0.3) is 6.08 Å². The Morgan fingerprint density at radius 3 is 2.39 bits per heavy atom. The lowest BCUT2D eigenvalue weighted by Gasteiger charge is -2.29. The highest BCUT2D eigenvalue weighted by atomic mass is 79.9. The van der Waals surface area contributed by atoms with Crippen LogP contribution in [0.15, 0.2) is 86.3 Å². The molecule has 0 aromatic heterocycles. The highest BCUT2D eigenvalue weighted by Gasteiger charge is 2.44. The third-order valence-electron chi connectivity index (χ3n) is 6.52. The Morgan fingerprint density at radius 2 is 1.72 bits per heavy atom. The Kier molecular flexibility index (Phi) is 7.10. The second-order valence-electron chi connectivity index (χ2n) is 8.77. The smallest absolute Gasteiger partial charge is 0.267 e. The Morgan fingerprint density at radius 1 is 1.06 bits per heavy atom. The largest absolute Gasteiger partial charge is 0.276 e. The molecule has 1 amide bonds. The minimum Gasteiger partial charge on any atom is -0.267 e. The van der Waals surface area contributed by atoms with Gasteiger partial charge in [0.1, 0.15) is 0 Å². The Labute approximate surface area is 230 Å². The van der Waals surface area contributed by atoms with E-state index in [1.807, 2.05) is 48.5 Å². The topological polar surface area (TPSA) is 75.8 Å². The van der Waals surface area contributed by atoms with E-state index >= 15 is 0 Å². The second kappa shape index (κ2) is 10.3. The highest BCUT2D eigenvalue weighted by molar-refractivity contribution is 9.10. The molecule has 1 aliphatic carbocycles. The summed E-state index contributed by atoms with van der Waals surface area (Å²) < 4.78 is 1.94. The zero-order valence-corrected chi connectivity index (χ0v) is 22.8. The van der Waals surface area contributed by atoms with E-state index < -0.39 is 10.8 Å². The first-order valence-corrected chi connectivity index (χ1v) is 13.4. The first-order valence-electron chi connectivity index (χ1n) is 11.4. The van der Waals surface area contributed by atoms with Gasteiger partial charge < -0.3 is 0 Å². The van der Waals surface area contributed by atoms with Gasteiger partial charge in [-0.2, -0.15) is 5.10 Å². The average molecular weight is 630 g/mol. The fourth-order valence-electron chi connectivity index (χ4n) is 4.84. The molecule has 182 valence electrons. The van der Waals surface area contributed by atoms with Gasteiger partial charge in [-0.1, -0.05) is 67.7 Å². The van der Waals surface area contributed by atoms with Crippen molar-refractivity contribution in [2.45, 2.75) is 25.3 Å². The minimum atomic E-state index is -0.534. The number of nitrogens with zero attached hydrogens (tertiary/aromatic N) is 3. The van der Waals surface area contributed by atoms with Crippen LogP contribution in [0.4, 0.5) is 5.69 Å². The molecular weight excluding hydrogens is 610 g/mol. The van der Waals surface area contributed by atoms with Crippen molar-refractivity contribution in [1.82, 2.24) is 5.01 Å². The zero-order valence-electron chi connectivity index (χ0n) is 18.9. The summed E-state index contributed by atoms with van der Waals surface area (Å²) in [6.45, 7) is 0. The third-order valence-corrected chi connectivity index (χ3v) is 7.91. The first kappa shape index (κ1) is 24.9. The molecule has 0 N–H and O–H groups in total. The van der Waals surface area contributed by atoms with Crippen molar-refractivity contribution < 1.29 is 9.72 Å². The molecule has 1 heterocycles. The molecule has 2 unspecified atom stereocenters. The summed E-state index contributed by atoms with van der Waals surface area (Å²) in [6, 6.07) is 19.5. The van der Waals surface area contributed by atoms with E-state index in [1.54, 1.807) is 0 Å². The van der Waals surface area contributed by atoms with Crippen LogP contribution in [-0.4, -0.2) is 21.6 Å². The number of non-ortho nitro benzene ring substituents is 1. The normalized spacial score (nSPS) is 20.2. The Hall–Kier alpha value is -2.81. The molecule has 2 aliphatic rings. The maximum Gasteiger partial charge on any atom is 0.276 e. The lowest BCUT2D eigenvalue weighted by Crippen LogP contribution is -2.32. The lowest BCUT2D eigenvalue weighted by molar-refractivity contribution is -0.384. The van der Waals surface area contributed by atoms with Gasteiger partial charge in [-0.05, 0) is 72.4 Å². The van der Waals surface area contributed by atoms with Crippen LogP contribution in [0.2, 0.25) is 5.02 Å². The van der Waals surface area contributed by atoms with Gasteiger partial charge in [0.25, 0.3) is 11.6 Å². The van der Waals surface area contributed by atoms with Gasteiger partial charge in [0.15, 0.2) is 0 Å². The van der Waals surface area contributed by atoms with Gasteiger partial charge in [-0.3, -0.25) is 14.9 Å². The van der Waals surface area contributed by atoms with E-state index in [4.69, 9.17) is 16.7 Å². The SMILES string of the molecule is O=C(c1cc([N+](=O)[O-])ccc1Cl)N1N=C2/C(=C/c3ccc(Br)cc3)CCCC2C1c1ccc(Br)cc1. The number of fused-ring (bicyclic) bond motifs is 1. The summed E-state index contributed by atoms with van der Waals surface area (Å²) in [4.78, 5) is 24.6. The molecule has 1 saturated carbocycles. The van der Waals surface area contributed by atoms with Gasteiger partial charge in [0.2, 0.25) is 0 Å². The highest BCUT2D eigenvalue weighted by Crippen LogP contribution is 2.45. The molecule has 3 aromatic rings. The van der Waals surface area contributed by atoms with Crippen LogP contribution in [0.1, 0.15) is 46.8 Å². The molecule has 0 radical (unpaired) electrons. The van der Waals surface area contributed by atoms with Crippen LogP contribution in [0, 0.1) is 16.0 Å². The quantitative estimate of drug-likeness (QED) is 0.216. The van der Waals surface area contributed by atoms with Crippen molar-refractivity contribution in [3.63, 3.8) is 0 Å². The monoisotopic (exact) mass is 627 g/mol. The van der Waals surface area contributed by atoms with Crippen LogP contribution in [0.5, 0.6) is 0 Å². The van der Waals surface area contributed by atoms with Crippen LogP contribution >= 0.6 is 43.5 Å². The Balaban J connectivity index is 1.60. The molecule has 0 saturated heterocycles. The summed E-state index contributed by atoms with van der Waals surface area (Å²) in [6.07, 6.45) is 4.84. The molecule has 36 heavy (non-hydrogen) atoms. The molecule has 0 spiro atoms. The molecule has 2 atom stereocenters. The van der Waals surface area contributed by atoms with Crippen LogP contribution < -0.4 is 0 Å². The molecular formula is C27H20Br2ClN3O3. The van der Waals surface area contributed by atoms with E-state index in [2.05, 4.69) is 37.9 Å². The summed E-state index contributed by atoms with van der Waals surface area (Å²) in [5.41, 5.74) is 3.85. The van der Waals surface area contributed by atoms with E-state index in [1.165, 1.54) is 23.2 Å². The van der Waals surface area contributed by atoms with Gasteiger partial charge in [0.05, 0.1) is 27.3 Å². The van der Waals surface area contributed by atoms with Gasteiger partial charge in [0, 0.05) is 27.0 Å². The fourth-order valence-corrected chi connectivity index (χ4v) is 5.56. The summed E-state index contributed by atoms with van der Waals surface area (Å²) in [5, 5.41) is 17.8. The number of allylic oxidation sites excluding steroid dienone is 1. The number of halogens is 3. The number of hydrogen-bond acceptors (Lipinski definition) is 4. The Bertz CT molecular complexity index is 1400. The van der Waals surface area contributed by atoms with E-state index in [-0.39, 0.29) is 28.2 Å². The summed E-state index contributed by atoms with van der Waals surface area (Å²) >= 11 is 13.3. The number of benzene rings is 3. The number of nitro groups is 1. The predicted molar refractivity (Wildman–Crippen MR) is 148 cm³/mol. The first-order chi connectivity index (χ1) is 17.3. The number of hydrazone groups is 1. The van der Waals surface area contributed by atoms with Crippen molar-refractivity contribution >= 4 is 66.8 Å². The molecule has 9 heteroatoms. The number of carbonyl (C=O) groups excluding carboxylic acids is 1. The summed E-state index contributed by atoms with van der Waals surface area (Å²) in [7, 11) is 0. The fraction of sp³-hybridized carbons (Fsp3) is 0.185. The zero-order chi connectivity index (χ0) is 25.4. The number of hydrogen-bond donors (Lipinski definition) is 0. The van der Waals surface area contributed by atoms with Crippen molar-refractivity contribution in [3.05, 3.63) is 113 Å². The maximum absolute atomic E-state index is 13.8. The molecule has 0 bridgehead atoms. The number of rotatable bonds is 4. The third kappa shape index (κ3) is 4.90. The average Bonchev–Trinajstić information content (AvgIpc) is 3.26. The van der Waals surface area contributed by atoms with Crippen molar-refractivity contribution in [1.29, 1.82) is 0 Å². The van der Waals surface area contributed by atoms with Gasteiger partial charge >= 0.3 is 0 Å². The summed E-state index contributed by atoms with van der Waals surface area (Å²) in [5.74, 6) is -0.454. The molecule has 1 fully saturated rings. The lowest BCUT2D eigenvalue weighted by atomic mass is 9.77. The van der Waals surface area contributed by atoms with Crippen LogP contribution in [0.3, 0.4) is 0 Å². The molecule has 3 aromatic carbocycles. The van der Waals surface area contributed by atoms with Crippen molar-refractivity contribution in [2.24, 2.45) is 11.0 Å². The second-order valence-corrected chi connectivity index (χ2v) is 11.0. The predicted octanol–water partition coefficient (Wildman–Crippen LogP) is 8.21. The van der Waals surface area contributed by atoms with Crippen LogP contribution in [-0.2, 0) is 0 Å². The van der Waals surface area contributed by atoms with Gasteiger partial charge in [-0.25, -0.2) is 5.01 Å². The molecule has 5 rings (SSSR count).